The standard InChI is InChI=1S/C15H16N2/c1-12(2)15-9-8-14(10-16)17(15)11-13-6-4-3-5-7-13/h3-9,12H,11H2,1-2H3. The molecule has 0 saturated carbocycles. The van der Waals surface area contributed by atoms with Crippen molar-refractivity contribution in [3.05, 3.63) is 59.4 Å². The van der Waals surface area contributed by atoms with Crippen LogP contribution in [0.25, 0.3) is 0 Å². The van der Waals surface area contributed by atoms with Gasteiger partial charge in [-0.1, -0.05) is 44.2 Å². The molecule has 0 atom stereocenters. The van der Waals surface area contributed by atoms with Crippen LogP contribution in [0.2, 0.25) is 0 Å². The van der Waals surface area contributed by atoms with Gasteiger partial charge in [-0.15, -0.1) is 0 Å². The van der Waals surface area contributed by atoms with Gasteiger partial charge in [0.2, 0.25) is 0 Å². The second kappa shape index (κ2) is 4.88. The largest absolute Gasteiger partial charge is 0.332 e. The molecule has 86 valence electrons. The maximum absolute atomic E-state index is 9.12. The predicted molar refractivity (Wildman–Crippen MR) is 68.8 cm³/mol. The molecule has 17 heavy (non-hydrogen) atoms. The quantitative estimate of drug-likeness (QED) is 0.784. The Morgan fingerprint density at radius 1 is 1.12 bits per heavy atom. The third-order valence-corrected chi connectivity index (χ3v) is 2.90. The van der Waals surface area contributed by atoms with E-state index < -0.39 is 0 Å². The van der Waals surface area contributed by atoms with Gasteiger partial charge in [-0.3, -0.25) is 0 Å². The normalized spacial score (nSPS) is 10.5. The van der Waals surface area contributed by atoms with E-state index >= 15 is 0 Å². The lowest BCUT2D eigenvalue weighted by Crippen LogP contribution is -2.07. The van der Waals surface area contributed by atoms with Crippen LogP contribution in [-0.2, 0) is 6.54 Å². The predicted octanol–water partition coefficient (Wildman–Crippen LogP) is 3.53. The van der Waals surface area contributed by atoms with Gasteiger partial charge in [0.15, 0.2) is 0 Å². The van der Waals surface area contributed by atoms with Gasteiger partial charge >= 0.3 is 0 Å². The van der Waals surface area contributed by atoms with E-state index in [4.69, 9.17) is 5.26 Å². The van der Waals surface area contributed by atoms with Crippen molar-refractivity contribution in [1.29, 1.82) is 5.26 Å². The molecular weight excluding hydrogens is 208 g/mol. The minimum Gasteiger partial charge on any atom is -0.332 e. The Balaban J connectivity index is 2.38. The number of benzene rings is 1. The van der Waals surface area contributed by atoms with Crippen LogP contribution in [0.3, 0.4) is 0 Å². The monoisotopic (exact) mass is 224 g/mol. The third-order valence-electron chi connectivity index (χ3n) is 2.90. The van der Waals surface area contributed by atoms with E-state index in [0.29, 0.717) is 5.92 Å². The second-order valence-corrected chi connectivity index (χ2v) is 4.48. The summed E-state index contributed by atoms with van der Waals surface area (Å²) < 4.78 is 2.10. The zero-order valence-electron chi connectivity index (χ0n) is 10.2. The highest BCUT2D eigenvalue weighted by atomic mass is 15.0. The number of aromatic nitrogens is 1. The average molecular weight is 224 g/mol. The summed E-state index contributed by atoms with van der Waals surface area (Å²) in [5.41, 5.74) is 3.17. The van der Waals surface area contributed by atoms with E-state index in [1.165, 1.54) is 11.3 Å². The summed E-state index contributed by atoms with van der Waals surface area (Å²) >= 11 is 0. The first-order chi connectivity index (χ1) is 8.22. The van der Waals surface area contributed by atoms with Crippen molar-refractivity contribution in [2.75, 3.05) is 0 Å². The summed E-state index contributed by atoms with van der Waals surface area (Å²) in [5, 5.41) is 9.12. The fourth-order valence-corrected chi connectivity index (χ4v) is 2.03. The van der Waals surface area contributed by atoms with E-state index in [2.05, 4.69) is 36.6 Å². The van der Waals surface area contributed by atoms with Crippen LogP contribution in [0.4, 0.5) is 0 Å². The summed E-state index contributed by atoms with van der Waals surface area (Å²) in [6.45, 7) is 5.07. The molecule has 2 nitrogen and oxygen atoms in total. The van der Waals surface area contributed by atoms with Crippen molar-refractivity contribution in [3.8, 4) is 6.07 Å². The zero-order valence-corrected chi connectivity index (χ0v) is 10.2. The van der Waals surface area contributed by atoms with Crippen LogP contribution in [-0.4, -0.2) is 4.57 Å². The first-order valence-corrected chi connectivity index (χ1v) is 5.86. The highest BCUT2D eigenvalue weighted by Gasteiger charge is 2.10. The summed E-state index contributed by atoms with van der Waals surface area (Å²) in [7, 11) is 0. The molecule has 0 N–H and O–H groups in total. The first kappa shape index (κ1) is 11.5. The number of hydrogen-bond acceptors (Lipinski definition) is 1. The topological polar surface area (TPSA) is 28.7 Å². The molecule has 0 fully saturated rings. The molecule has 0 radical (unpaired) electrons. The Morgan fingerprint density at radius 2 is 1.82 bits per heavy atom. The molecule has 0 spiro atoms. The van der Waals surface area contributed by atoms with Gasteiger partial charge in [-0.2, -0.15) is 5.26 Å². The number of hydrogen-bond donors (Lipinski definition) is 0. The Kier molecular flexibility index (Phi) is 3.30. The highest BCUT2D eigenvalue weighted by Crippen LogP contribution is 2.19. The van der Waals surface area contributed by atoms with Crippen LogP contribution >= 0.6 is 0 Å². The van der Waals surface area contributed by atoms with Gasteiger partial charge in [0, 0.05) is 12.2 Å². The lowest BCUT2D eigenvalue weighted by Gasteiger charge is -2.13. The summed E-state index contributed by atoms with van der Waals surface area (Å²) in [6.07, 6.45) is 0. The van der Waals surface area contributed by atoms with Gasteiger partial charge in [-0.25, -0.2) is 0 Å². The molecule has 0 unspecified atom stereocenters. The fraction of sp³-hybridized carbons (Fsp3) is 0.267. The molecule has 2 aromatic rings. The van der Waals surface area contributed by atoms with Crippen LogP contribution in [0.1, 0.15) is 36.7 Å². The molecule has 1 aromatic heterocycles. The van der Waals surface area contributed by atoms with Crippen molar-refractivity contribution in [2.24, 2.45) is 0 Å². The van der Waals surface area contributed by atoms with Crippen molar-refractivity contribution >= 4 is 0 Å². The minimum atomic E-state index is 0.431. The number of nitrogens with zero attached hydrogens (tertiary/aromatic N) is 2. The molecule has 0 aliphatic rings. The Labute approximate surface area is 102 Å². The van der Waals surface area contributed by atoms with Crippen molar-refractivity contribution in [3.63, 3.8) is 0 Å². The number of nitriles is 1. The van der Waals surface area contributed by atoms with Gasteiger partial charge < -0.3 is 4.57 Å². The average Bonchev–Trinajstić information content (AvgIpc) is 2.73. The van der Waals surface area contributed by atoms with E-state index in [0.717, 1.165) is 12.2 Å². The Hall–Kier alpha value is -2.01. The van der Waals surface area contributed by atoms with Gasteiger partial charge in [0.25, 0.3) is 0 Å². The van der Waals surface area contributed by atoms with E-state index in [9.17, 15) is 0 Å². The minimum absolute atomic E-state index is 0.431. The Morgan fingerprint density at radius 3 is 2.41 bits per heavy atom. The van der Waals surface area contributed by atoms with E-state index in [-0.39, 0.29) is 0 Å². The molecule has 1 aromatic carbocycles. The van der Waals surface area contributed by atoms with E-state index in [1.807, 2.05) is 30.3 Å². The van der Waals surface area contributed by atoms with Crippen molar-refractivity contribution in [2.45, 2.75) is 26.3 Å². The maximum atomic E-state index is 9.12. The molecule has 1 heterocycles. The fourth-order valence-electron chi connectivity index (χ4n) is 2.03. The summed E-state index contributed by atoms with van der Waals surface area (Å²) in [5.74, 6) is 0.431. The zero-order chi connectivity index (χ0) is 12.3. The molecule has 0 amide bonds. The van der Waals surface area contributed by atoms with Crippen LogP contribution in [0.15, 0.2) is 42.5 Å². The highest BCUT2D eigenvalue weighted by molar-refractivity contribution is 5.30. The van der Waals surface area contributed by atoms with Crippen LogP contribution in [0, 0.1) is 11.3 Å². The molecular formula is C15H16N2. The molecule has 2 heteroatoms. The maximum Gasteiger partial charge on any atom is 0.120 e. The van der Waals surface area contributed by atoms with Crippen molar-refractivity contribution < 1.29 is 0 Å². The molecule has 0 aliphatic heterocycles. The van der Waals surface area contributed by atoms with Gasteiger partial charge in [-0.05, 0) is 23.6 Å². The smallest absolute Gasteiger partial charge is 0.120 e. The molecule has 0 saturated heterocycles. The molecule has 2 rings (SSSR count). The van der Waals surface area contributed by atoms with Crippen LogP contribution in [0.5, 0.6) is 0 Å². The van der Waals surface area contributed by atoms with E-state index in [1.54, 1.807) is 0 Å². The summed E-state index contributed by atoms with van der Waals surface area (Å²) in [4.78, 5) is 0. The number of rotatable bonds is 3. The second-order valence-electron chi connectivity index (χ2n) is 4.48. The van der Waals surface area contributed by atoms with Gasteiger partial charge in [0.05, 0.1) is 0 Å². The third kappa shape index (κ3) is 2.39. The van der Waals surface area contributed by atoms with Crippen molar-refractivity contribution in [1.82, 2.24) is 4.57 Å². The Bertz CT molecular complexity index is 530. The first-order valence-electron chi connectivity index (χ1n) is 5.86. The lowest BCUT2D eigenvalue weighted by molar-refractivity contribution is 0.686. The molecule has 0 bridgehead atoms. The SMILES string of the molecule is CC(C)c1ccc(C#N)n1Cc1ccccc1. The summed E-state index contributed by atoms with van der Waals surface area (Å²) in [6, 6.07) is 16.4. The lowest BCUT2D eigenvalue weighted by atomic mass is 10.1. The van der Waals surface area contributed by atoms with Gasteiger partial charge in [0.1, 0.15) is 11.8 Å². The van der Waals surface area contributed by atoms with Crippen LogP contribution < -0.4 is 0 Å². The molecule has 0 aliphatic carbocycles.